The number of hydrogen-bond donors (Lipinski definition) is 2. The second-order valence-corrected chi connectivity index (χ2v) is 6.91. The van der Waals surface area contributed by atoms with Crippen LogP contribution in [-0.2, 0) is 0 Å². The lowest BCUT2D eigenvalue weighted by molar-refractivity contribution is 0.104. The summed E-state index contributed by atoms with van der Waals surface area (Å²) in [6, 6.07) is 25.5. The van der Waals surface area contributed by atoms with E-state index in [4.69, 9.17) is 0 Å². The molecule has 28 heavy (non-hydrogen) atoms. The molecule has 3 heteroatoms. The highest BCUT2D eigenvalue weighted by atomic mass is 16.1. The van der Waals surface area contributed by atoms with E-state index < -0.39 is 0 Å². The molecular formula is C25H22N2O. The normalized spacial score (nSPS) is 11.6. The molecule has 0 amide bonds. The first-order valence-corrected chi connectivity index (χ1v) is 9.34. The summed E-state index contributed by atoms with van der Waals surface area (Å²) in [5, 5.41) is 4.65. The van der Waals surface area contributed by atoms with Gasteiger partial charge in [0.05, 0.1) is 0 Å². The van der Waals surface area contributed by atoms with Crippen LogP contribution in [0, 0.1) is 13.8 Å². The fraction of sp³-hybridized carbons (Fsp3) is 0.0800. The maximum atomic E-state index is 12.8. The van der Waals surface area contributed by atoms with Crippen LogP contribution in [0.2, 0.25) is 0 Å². The third-order valence-corrected chi connectivity index (χ3v) is 5.01. The number of ketones is 1. The summed E-state index contributed by atoms with van der Waals surface area (Å²) in [5.74, 6) is -0.0282. The standard InChI is InChI=1S/C25H22N2O/c1-17-18(2)26-24-15-21(13-14-22(17)24)27-23(19-9-5-3-6-10-19)16-25(28)20-11-7-4-8-12-20/h3-16,26-27H,1-2H3/b23-16-. The maximum Gasteiger partial charge on any atom is 0.187 e. The molecule has 0 fully saturated rings. The van der Waals surface area contributed by atoms with Gasteiger partial charge in [0, 0.05) is 39.6 Å². The van der Waals surface area contributed by atoms with Gasteiger partial charge in [-0.25, -0.2) is 0 Å². The number of carbonyl (C=O) groups excluding carboxylic acids is 1. The molecule has 0 unspecified atom stereocenters. The maximum absolute atomic E-state index is 12.8. The molecule has 4 aromatic rings. The van der Waals surface area contributed by atoms with Crippen LogP contribution in [0.5, 0.6) is 0 Å². The summed E-state index contributed by atoms with van der Waals surface area (Å²) in [5.41, 5.74) is 6.86. The van der Waals surface area contributed by atoms with Gasteiger partial charge in [-0.15, -0.1) is 0 Å². The zero-order valence-corrected chi connectivity index (χ0v) is 16.0. The minimum atomic E-state index is -0.0282. The number of H-pyrrole nitrogens is 1. The Morgan fingerprint density at radius 3 is 2.18 bits per heavy atom. The minimum Gasteiger partial charge on any atom is -0.358 e. The molecule has 2 N–H and O–H groups in total. The van der Waals surface area contributed by atoms with Gasteiger partial charge >= 0.3 is 0 Å². The van der Waals surface area contributed by atoms with E-state index in [2.05, 4.69) is 36.3 Å². The van der Waals surface area contributed by atoms with Gasteiger partial charge in [0.15, 0.2) is 5.78 Å². The Hall–Kier alpha value is -3.59. The number of nitrogens with one attached hydrogen (secondary N) is 2. The fourth-order valence-electron chi connectivity index (χ4n) is 3.33. The van der Waals surface area contributed by atoms with E-state index in [-0.39, 0.29) is 5.78 Å². The molecule has 0 saturated heterocycles. The molecule has 3 aromatic carbocycles. The topological polar surface area (TPSA) is 44.9 Å². The Balaban J connectivity index is 1.72. The molecule has 0 aliphatic heterocycles. The number of carbonyl (C=O) groups is 1. The number of allylic oxidation sites excluding steroid dienone is 1. The average molecular weight is 366 g/mol. The van der Waals surface area contributed by atoms with Crippen LogP contribution in [0.15, 0.2) is 84.9 Å². The van der Waals surface area contributed by atoms with Crippen LogP contribution in [0.4, 0.5) is 5.69 Å². The number of aryl methyl sites for hydroxylation is 2. The molecule has 0 atom stereocenters. The van der Waals surface area contributed by atoms with Gasteiger partial charge in [0.2, 0.25) is 0 Å². The summed E-state index contributed by atoms with van der Waals surface area (Å²) >= 11 is 0. The van der Waals surface area contributed by atoms with Crippen LogP contribution in [0.3, 0.4) is 0 Å². The average Bonchev–Trinajstić information content (AvgIpc) is 3.02. The van der Waals surface area contributed by atoms with Gasteiger partial charge in [-0.1, -0.05) is 66.7 Å². The van der Waals surface area contributed by atoms with Crippen molar-refractivity contribution in [2.75, 3.05) is 5.32 Å². The van der Waals surface area contributed by atoms with Gasteiger partial charge in [-0.05, 0) is 37.1 Å². The molecule has 0 aliphatic carbocycles. The third-order valence-electron chi connectivity index (χ3n) is 5.01. The summed E-state index contributed by atoms with van der Waals surface area (Å²) in [4.78, 5) is 16.2. The lowest BCUT2D eigenvalue weighted by Gasteiger charge is -2.12. The van der Waals surface area contributed by atoms with Crippen LogP contribution < -0.4 is 5.32 Å². The number of aromatic amines is 1. The van der Waals surface area contributed by atoms with Crippen molar-refractivity contribution in [2.24, 2.45) is 0 Å². The minimum absolute atomic E-state index is 0.0282. The van der Waals surface area contributed by atoms with Crippen molar-refractivity contribution < 1.29 is 4.79 Å². The lowest BCUT2D eigenvalue weighted by Crippen LogP contribution is -2.03. The Morgan fingerprint density at radius 2 is 1.50 bits per heavy atom. The smallest absolute Gasteiger partial charge is 0.187 e. The molecule has 0 aliphatic rings. The predicted octanol–water partition coefficient (Wildman–Crippen LogP) is 6.12. The number of aromatic nitrogens is 1. The lowest BCUT2D eigenvalue weighted by atomic mass is 10.1. The quantitative estimate of drug-likeness (QED) is 0.330. The van der Waals surface area contributed by atoms with Gasteiger partial charge in [-0.2, -0.15) is 0 Å². The first-order chi connectivity index (χ1) is 13.6. The summed E-state index contributed by atoms with van der Waals surface area (Å²) in [6.07, 6.45) is 1.67. The van der Waals surface area contributed by atoms with Crippen molar-refractivity contribution in [3.05, 3.63) is 107 Å². The van der Waals surface area contributed by atoms with Gasteiger partial charge in [0.25, 0.3) is 0 Å². The van der Waals surface area contributed by atoms with Crippen molar-refractivity contribution in [3.8, 4) is 0 Å². The van der Waals surface area contributed by atoms with Crippen molar-refractivity contribution >= 4 is 28.1 Å². The zero-order valence-electron chi connectivity index (χ0n) is 16.0. The first kappa shape index (κ1) is 17.8. The van der Waals surface area contributed by atoms with Crippen molar-refractivity contribution in [1.82, 2.24) is 4.98 Å². The molecular weight excluding hydrogens is 344 g/mol. The van der Waals surface area contributed by atoms with Crippen LogP contribution >= 0.6 is 0 Å². The molecule has 0 radical (unpaired) electrons. The molecule has 1 aromatic heterocycles. The van der Waals surface area contributed by atoms with Crippen LogP contribution in [0.25, 0.3) is 16.6 Å². The van der Waals surface area contributed by atoms with Gasteiger partial charge in [0.1, 0.15) is 0 Å². The molecule has 4 rings (SSSR count). The second-order valence-electron chi connectivity index (χ2n) is 6.91. The predicted molar refractivity (Wildman–Crippen MR) is 117 cm³/mol. The molecule has 138 valence electrons. The number of hydrogen-bond acceptors (Lipinski definition) is 2. The van der Waals surface area contributed by atoms with Crippen molar-refractivity contribution in [1.29, 1.82) is 0 Å². The van der Waals surface area contributed by atoms with E-state index in [1.165, 1.54) is 16.6 Å². The number of benzene rings is 3. The monoisotopic (exact) mass is 366 g/mol. The number of fused-ring (bicyclic) bond motifs is 1. The molecule has 1 heterocycles. The first-order valence-electron chi connectivity index (χ1n) is 9.34. The van der Waals surface area contributed by atoms with E-state index in [0.29, 0.717) is 5.56 Å². The van der Waals surface area contributed by atoms with Crippen LogP contribution in [0.1, 0.15) is 27.2 Å². The van der Waals surface area contributed by atoms with Crippen molar-refractivity contribution in [3.63, 3.8) is 0 Å². The Kier molecular flexibility index (Phi) is 4.81. The number of anilines is 1. The van der Waals surface area contributed by atoms with Crippen molar-refractivity contribution in [2.45, 2.75) is 13.8 Å². The zero-order chi connectivity index (χ0) is 19.5. The molecule has 0 saturated carbocycles. The summed E-state index contributed by atoms with van der Waals surface area (Å²) < 4.78 is 0. The third kappa shape index (κ3) is 3.60. The van der Waals surface area contributed by atoms with E-state index in [1.807, 2.05) is 66.7 Å². The highest BCUT2D eigenvalue weighted by Crippen LogP contribution is 2.26. The second kappa shape index (κ2) is 7.57. The Morgan fingerprint density at radius 1 is 0.857 bits per heavy atom. The Bertz CT molecular complexity index is 1160. The van der Waals surface area contributed by atoms with E-state index >= 15 is 0 Å². The largest absolute Gasteiger partial charge is 0.358 e. The van der Waals surface area contributed by atoms with E-state index in [0.717, 1.165) is 22.5 Å². The molecule has 0 spiro atoms. The Labute approximate surface area is 164 Å². The van der Waals surface area contributed by atoms with E-state index in [1.54, 1.807) is 6.08 Å². The van der Waals surface area contributed by atoms with Gasteiger partial charge < -0.3 is 10.3 Å². The fourth-order valence-corrected chi connectivity index (χ4v) is 3.33. The number of rotatable bonds is 5. The molecule has 3 nitrogen and oxygen atoms in total. The SMILES string of the molecule is Cc1[nH]c2cc(N/C(=C\C(=O)c3ccccc3)c3ccccc3)ccc2c1C. The summed E-state index contributed by atoms with van der Waals surface area (Å²) in [7, 11) is 0. The van der Waals surface area contributed by atoms with E-state index in [9.17, 15) is 4.79 Å². The molecule has 0 bridgehead atoms. The highest BCUT2D eigenvalue weighted by Gasteiger charge is 2.09. The highest BCUT2D eigenvalue weighted by molar-refractivity contribution is 6.09. The summed E-state index contributed by atoms with van der Waals surface area (Å²) in [6.45, 7) is 4.20. The van der Waals surface area contributed by atoms with Gasteiger partial charge in [-0.3, -0.25) is 4.79 Å². The van der Waals surface area contributed by atoms with Crippen LogP contribution in [-0.4, -0.2) is 10.8 Å².